The summed E-state index contributed by atoms with van der Waals surface area (Å²) < 4.78 is 20.0. The van der Waals surface area contributed by atoms with E-state index in [4.69, 9.17) is 4.74 Å². The SMILES string of the molecule is CNC(=O)c1ccccc1Oc1nc(Nc2ccccc2F)ncc1Br. The van der Waals surface area contributed by atoms with E-state index in [0.29, 0.717) is 15.8 Å². The number of hydrogen-bond acceptors (Lipinski definition) is 5. The lowest BCUT2D eigenvalue weighted by molar-refractivity contribution is 0.0960. The Bertz CT molecular complexity index is 952. The van der Waals surface area contributed by atoms with E-state index in [0.717, 1.165) is 0 Å². The van der Waals surface area contributed by atoms with Crippen molar-refractivity contribution in [2.75, 3.05) is 12.4 Å². The molecule has 1 amide bonds. The number of ether oxygens (including phenoxy) is 1. The maximum absolute atomic E-state index is 13.8. The molecule has 6 nitrogen and oxygen atoms in total. The average molecular weight is 417 g/mol. The number of para-hydroxylation sites is 2. The highest BCUT2D eigenvalue weighted by atomic mass is 79.9. The van der Waals surface area contributed by atoms with Gasteiger partial charge < -0.3 is 15.4 Å². The predicted molar refractivity (Wildman–Crippen MR) is 99.3 cm³/mol. The number of rotatable bonds is 5. The number of hydrogen-bond donors (Lipinski definition) is 2. The van der Waals surface area contributed by atoms with Gasteiger partial charge in [-0.15, -0.1) is 0 Å². The fourth-order valence-corrected chi connectivity index (χ4v) is 2.42. The lowest BCUT2D eigenvalue weighted by Gasteiger charge is -2.12. The molecule has 0 aliphatic heterocycles. The molecule has 3 aromatic rings. The van der Waals surface area contributed by atoms with E-state index in [9.17, 15) is 9.18 Å². The molecule has 1 aromatic heterocycles. The molecule has 2 aromatic carbocycles. The number of carbonyl (C=O) groups excluding carboxylic acids is 1. The first-order valence-corrected chi connectivity index (χ1v) is 8.41. The van der Waals surface area contributed by atoms with Crippen LogP contribution in [0.15, 0.2) is 59.2 Å². The van der Waals surface area contributed by atoms with Crippen molar-refractivity contribution >= 4 is 33.5 Å². The van der Waals surface area contributed by atoms with E-state index in [2.05, 4.69) is 36.5 Å². The summed E-state index contributed by atoms with van der Waals surface area (Å²) in [6, 6.07) is 13.0. The number of amides is 1. The Kier molecular flexibility index (Phi) is 5.43. The molecule has 26 heavy (non-hydrogen) atoms. The molecule has 0 saturated heterocycles. The van der Waals surface area contributed by atoms with E-state index in [1.807, 2.05) is 0 Å². The highest BCUT2D eigenvalue weighted by molar-refractivity contribution is 9.10. The topological polar surface area (TPSA) is 76.1 Å². The molecule has 1 heterocycles. The lowest BCUT2D eigenvalue weighted by atomic mass is 10.2. The van der Waals surface area contributed by atoms with E-state index < -0.39 is 5.82 Å². The standard InChI is InChI=1S/C18H14BrFN4O2/c1-21-16(25)11-6-2-5-9-15(11)26-17-12(19)10-22-18(24-17)23-14-8-4-3-7-13(14)20/h2-10H,1H3,(H,21,25)(H,22,23,24). The van der Waals surface area contributed by atoms with Crippen molar-refractivity contribution in [2.24, 2.45) is 0 Å². The molecule has 0 bridgehead atoms. The maximum atomic E-state index is 13.8. The summed E-state index contributed by atoms with van der Waals surface area (Å²) in [5.41, 5.74) is 0.607. The average Bonchev–Trinajstić information content (AvgIpc) is 2.66. The smallest absolute Gasteiger partial charge is 0.254 e. The fraction of sp³-hybridized carbons (Fsp3) is 0.0556. The molecule has 3 rings (SSSR count). The number of halogens is 2. The molecular formula is C18H14BrFN4O2. The van der Waals surface area contributed by atoms with Crippen LogP contribution in [0.25, 0.3) is 0 Å². The zero-order valence-electron chi connectivity index (χ0n) is 13.7. The Morgan fingerprint density at radius 3 is 2.65 bits per heavy atom. The minimum atomic E-state index is -0.425. The molecule has 0 aliphatic rings. The van der Waals surface area contributed by atoms with E-state index in [1.54, 1.807) is 42.5 Å². The van der Waals surface area contributed by atoms with E-state index >= 15 is 0 Å². The first-order chi connectivity index (χ1) is 12.6. The van der Waals surface area contributed by atoms with Crippen molar-refractivity contribution < 1.29 is 13.9 Å². The van der Waals surface area contributed by atoms with Gasteiger partial charge in [0.25, 0.3) is 5.91 Å². The molecule has 8 heteroatoms. The van der Waals surface area contributed by atoms with Crippen LogP contribution < -0.4 is 15.4 Å². The van der Waals surface area contributed by atoms with Crippen LogP contribution >= 0.6 is 15.9 Å². The minimum Gasteiger partial charge on any atom is -0.437 e. The van der Waals surface area contributed by atoms with Crippen LogP contribution in [-0.4, -0.2) is 22.9 Å². The predicted octanol–water partition coefficient (Wildman–Crippen LogP) is 4.27. The zero-order chi connectivity index (χ0) is 18.5. The zero-order valence-corrected chi connectivity index (χ0v) is 15.2. The van der Waals surface area contributed by atoms with Crippen molar-refractivity contribution in [3.8, 4) is 11.6 Å². The largest absolute Gasteiger partial charge is 0.437 e. The van der Waals surface area contributed by atoms with Crippen LogP contribution in [0.1, 0.15) is 10.4 Å². The van der Waals surface area contributed by atoms with E-state index in [-0.39, 0.29) is 23.4 Å². The third-order valence-electron chi connectivity index (χ3n) is 3.40. The maximum Gasteiger partial charge on any atom is 0.254 e. The van der Waals surface area contributed by atoms with Gasteiger partial charge in [0.05, 0.1) is 21.9 Å². The Morgan fingerprint density at radius 1 is 1.15 bits per heavy atom. The van der Waals surface area contributed by atoms with Gasteiger partial charge >= 0.3 is 0 Å². The summed E-state index contributed by atoms with van der Waals surface area (Å²) in [5.74, 6) is -0.0223. The molecule has 0 spiro atoms. The number of anilines is 2. The van der Waals surface area contributed by atoms with Crippen LogP contribution in [0.3, 0.4) is 0 Å². The molecule has 0 unspecified atom stereocenters. The van der Waals surface area contributed by atoms with Gasteiger partial charge in [-0.25, -0.2) is 9.37 Å². The summed E-state index contributed by atoms with van der Waals surface area (Å²) in [7, 11) is 1.54. The van der Waals surface area contributed by atoms with Crippen LogP contribution in [0.4, 0.5) is 16.0 Å². The molecule has 2 N–H and O–H groups in total. The first-order valence-electron chi connectivity index (χ1n) is 7.61. The van der Waals surface area contributed by atoms with Gasteiger partial charge in [-0.3, -0.25) is 4.79 Å². The van der Waals surface area contributed by atoms with Crippen LogP contribution in [0.5, 0.6) is 11.6 Å². The van der Waals surface area contributed by atoms with Gasteiger partial charge in [0.1, 0.15) is 11.6 Å². The summed E-state index contributed by atoms with van der Waals surface area (Å²) in [6.07, 6.45) is 1.48. The van der Waals surface area contributed by atoms with Crippen molar-refractivity contribution in [1.29, 1.82) is 0 Å². The molecule has 0 atom stereocenters. The van der Waals surface area contributed by atoms with Crippen LogP contribution in [0.2, 0.25) is 0 Å². The second-order valence-corrected chi connectivity index (χ2v) is 5.98. The van der Waals surface area contributed by atoms with Crippen molar-refractivity contribution in [3.63, 3.8) is 0 Å². The van der Waals surface area contributed by atoms with Crippen LogP contribution in [-0.2, 0) is 0 Å². The highest BCUT2D eigenvalue weighted by Gasteiger charge is 2.14. The quantitative estimate of drug-likeness (QED) is 0.649. The van der Waals surface area contributed by atoms with Crippen molar-refractivity contribution in [1.82, 2.24) is 15.3 Å². The number of aromatic nitrogens is 2. The third-order valence-corrected chi connectivity index (χ3v) is 3.94. The van der Waals surface area contributed by atoms with E-state index in [1.165, 1.54) is 19.3 Å². The van der Waals surface area contributed by atoms with Crippen molar-refractivity contribution in [3.05, 3.63) is 70.6 Å². The van der Waals surface area contributed by atoms with Gasteiger partial charge in [0, 0.05) is 7.05 Å². The number of nitrogens with one attached hydrogen (secondary N) is 2. The summed E-state index contributed by atoms with van der Waals surface area (Å²) in [6.45, 7) is 0. The summed E-state index contributed by atoms with van der Waals surface area (Å²) in [4.78, 5) is 20.3. The monoisotopic (exact) mass is 416 g/mol. The summed E-state index contributed by atoms with van der Waals surface area (Å²) in [5, 5.41) is 5.35. The molecule has 0 aliphatic carbocycles. The minimum absolute atomic E-state index is 0.158. The lowest BCUT2D eigenvalue weighted by Crippen LogP contribution is -2.18. The molecule has 132 valence electrons. The molecule has 0 radical (unpaired) electrons. The molecular weight excluding hydrogens is 403 g/mol. The molecule has 0 saturated carbocycles. The van der Waals surface area contributed by atoms with Gasteiger partial charge in [-0.2, -0.15) is 4.98 Å². The first kappa shape index (κ1) is 17.8. The Hall–Kier alpha value is -3.00. The number of nitrogens with zero attached hydrogens (tertiary/aromatic N) is 2. The number of benzene rings is 2. The van der Waals surface area contributed by atoms with Gasteiger partial charge in [-0.1, -0.05) is 24.3 Å². The second kappa shape index (κ2) is 7.92. The third kappa shape index (κ3) is 3.97. The Labute approximate surface area is 157 Å². The van der Waals surface area contributed by atoms with Gasteiger partial charge in [-0.05, 0) is 40.2 Å². The Balaban J connectivity index is 1.90. The van der Waals surface area contributed by atoms with Gasteiger partial charge in [0.15, 0.2) is 0 Å². The fourth-order valence-electron chi connectivity index (χ4n) is 2.15. The molecule has 0 fully saturated rings. The highest BCUT2D eigenvalue weighted by Crippen LogP contribution is 2.30. The normalized spacial score (nSPS) is 10.3. The Morgan fingerprint density at radius 2 is 1.88 bits per heavy atom. The number of carbonyl (C=O) groups is 1. The second-order valence-electron chi connectivity index (χ2n) is 5.13. The summed E-state index contributed by atoms with van der Waals surface area (Å²) >= 11 is 3.31. The van der Waals surface area contributed by atoms with Crippen LogP contribution in [0, 0.1) is 5.82 Å². The van der Waals surface area contributed by atoms with Gasteiger partial charge in [0.2, 0.25) is 11.8 Å². The van der Waals surface area contributed by atoms with Crippen molar-refractivity contribution in [2.45, 2.75) is 0 Å².